The van der Waals surface area contributed by atoms with Crippen molar-refractivity contribution in [1.82, 2.24) is 20.5 Å². The topological polar surface area (TPSA) is 120 Å². The number of nitrogens with one attached hydrogen (secondary N) is 3. The summed E-state index contributed by atoms with van der Waals surface area (Å²) in [6, 6.07) is 3.75. The van der Waals surface area contributed by atoms with Crippen LogP contribution >= 0.6 is 34.5 Å². The van der Waals surface area contributed by atoms with Crippen LogP contribution in [-0.2, 0) is 20.8 Å². The Morgan fingerprint density at radius 2 is 2.00 bits per heavy atom. The predicted octanol–water partition coefficient (Wildman–Crippen LogP) is 3.27. The van der Waals surface area contributed by atoms with Crippen molar-refractivity contribution >= 4 is 63.3 Å². The van der Waals surface area contributed by atoms with Crippen molar-refractivity contribution in [1.29, 1.82) is 0 Å². The number of hydrogen-bond donors (Lipinski definition) is 3. The molecular formula is C23H27Cl2N5O4S. The van der Waals surface area contributed by atoms with Gasteiger partial charge in [0.15, 0.2) is 5.13 Å². The van der Waals surface area contributed by atoms with E-state index in [1.807, 2.05) is 0 Å². The first-order valence-corrected chi connectivity index (χ1v) is 12.8. The van der Waals surface area contributed by atoms with Crippen molar-refractivity contribution in [2.45, 2.75) is 51.6 Å². The molecule has 0 saturated carbocycles. The summed E-state index contributed by atoms with van der Waals surface area (Å²) < 4.78 is 0. The second-order valence-corrected chi connectivity index (χ2v) is 10.1. The summed E-state index contributed by atoms with van der Waals surface area (Å²) in [7, 11) is 0. The number of halogens is 2. The SMILES string of the molecule is CC(C)N(CC(=O)Nc1nc(CC(=O)NC2CCCCNC2=O)cs1)C(=O)c1ccc(Cl)cc1Cl. The van der Waals surface area contributed by atoms with Crippen LogP contribution < -0.4 is 16.0 Å². The fourth-order valence-corrected chi connectivity index (χ4v) is 4.77. The van der Waals surface area contributed by atoms with Gasteiger partial charge in [-0.15, -0.1) is 11.3 Å². The summed E-state index contributed by atoms with van der Waals surface area (Å²) >= 11 is 13.2. The summed E-state index contributed by atoms with van der Waals surface area (Å²) in [5.41, 5.74) is 0.726. The van der Waals surface area contributed by atoms with Crippen LogP contribution in [0.1, 0.15) is 49.2 Å². The Bertz CT molecular complexity index is 1110. The molecule has 2 aromatic rings. The summed E-state index contributed by atoms with van der Waals surface area (Å²) in [6.45, 7) is 4.00. The first kappa shape index (κ1) is 26.9. The van der Waals surface area contributed by atoms with Crippen molar-refractivity contribution in [3.05, 3.63) is 44.9 Å². The first-order chi connectivity index (χ1) is 16.6. The third kappa shape index (κ3) is 7.65. The van der Waals surface area contributed by atoms with E-state index < -0.39 is 17.9 Å². The Morgan fingerprint density at radius 3 is 2.71 bits per heavy atom. The van der Waals surface area contributed by atoms with Gasteiger partial charge in [0.2, 0.25) is 17.7 Å². The fourth-order valence-electron chi connectivity index (χ4n) is 3.55. The van der Waals surface area contributed by atoms with Gasteiger partial charge in [-0.25, -0.2) is 4.98 Å². The van der Waals surface area contributed by atoms with Crippen molar-refractivity contribution in [3.8, 4) is 0 Å². The molecule has 1 atom stereocenters. The van der Waals surface area contributed by atoms with Gasteiger partial charge in [-0.2, -0.15) is 0 Å². The minimum atomic E-state index is -0.545. The number of benzene rings is 1. The number of carbonyl (C=O) groups excluding carboxylic acids is 4. The van der Waals surface area contributed by atoms with Gasteiger partial charge in [0.25, 0.3) is 5.91 Å². The number of aromatic nitrogens is 1. The van der Waals surface area contributed by atoms with E-state index in [1.54, 1.807) is 25.3 Å². The van der Waals surface area contributed by atoms with Crippen LogP contribution in [0.15, 0.2) is 23.6 Å². The lowest BCUT2D eigenvalue weighted by molar-refractivity contribution is -0.128. The van der Waals surface area contributed by atoms with E-state index in [0.717, 1.165) is 12.8 Å². The zero-order valence-corrected chi connectivity index (χ0v) is 21.7. The quantitative estimate of drug-likeness (QED) is 0.475. The van der Waals surface area contributed by atoms with E-state index >= 15 is 0 Å². The van der Waals surface area contributed by atoms with Crippen molar-refractivity contribution in [2.75, 3.05) is 18.4 Å². The summed E-state index contributed by atoms with van der Waals surface area (Å²) in [4.78, 5) is 55.7. The summed E-state index contributed by atoms with van der Waals surface area (Å²) in [6.07, 6.45) is 2.33. The first-order valence-electron chi connectivity index (χ1n) is 11.2. The van der Waals surface area contributed by atoms with Gasteiger partial charge in [-0.3, -0.25) is 19.2 Å². The molecule has 0 radical (unpaired) electrons. The van der Waals surface area contributed by atoms with E-state index in [0.29, 0.717) is 28.8 Å². The van der Waals surface area contributed by atoms with Gasteiger partial charge in [0.05, 0.1) is 22.7 Å². The highest BCUT2D eigenvalue weighted by molar-refractivity contribution is 7.13. The van der Waals surface area contributed by atoms with Gasteiger partial charge in [-0.05, 0) is 51.3 Å². The monoisotopic (exact) mass is 539 g/mol. The molecule has 1 aromatic heterocycles. The normalized spacial score (nSPS) is 15.8. The van der Waals surface area contributed by atoms with Gasteiger partial charge in [0, 0.05) is 23.0 Å². The van der Waals surface area contributed by atoms with Gasteiger partial charge >= 0.3 is 0 Å². The molecule has 3 rings (SSSR count). The molecule has 1 aliphatic rings. The van der Waals surface area contributed by atoms with Crippen LogP contribution in [0.4, 0.5) is 5.13 Å². The highest BCUT2D eigenvalue weighted by atomic mass is 35.5. The molecule has 35 heavy (non-hydrogen) atoms. The lowest BCUT2D eigenvalue weighted by Gasteiger charge is -2.26. The predicted molar refractivity (Wildman–Crippen MR) is 136 cm³/mol. The second-order valence-electron chi connectivity index (χ2n) is 8.43. The molecule has 0 spiro atoms. The molecule has 1 fully saturated rings. The highest BCUT2D eigenvalue weighted by Gasteiger charge is 2.25. The molecule has 1 unspecified atom stereocenters. The van der Waals surface area contributed by atoms with E-state index in [4.69, 9.17) is 23.2 Å². The third-order valence-electron chi connectivity index (χ3n) is 5.37. The molecule has 2 heterocycles. The number of rotatable bonds is 8. The minimum Gasteiger partial charge on any atom is -0.354 e. The lowest BCUT2D eigenvalue weighted by Crippen LogP contribution is -2.46. The van der Waals surface area contributed by atoms with E-state index in [2.05, 4.69) is 20.9 Å². The average Bonchev–Trinajstić information content (AvgIpc) is 3.11. The number of hydrogen-bond acceptors (Lipinski definition) is 6. The molecule has 0 aliphatic carbocycles. The number of carbonyl (C=O) groups is 4. The van der Waals surface area contributed by atoms with Crippen LogP contribution in [0.25, 0.3) is 0 Å². The van der Waals surface area contributed by atoms with Crippen LogP contribution in [-0.4, -0.2) is 58.7 Å². The number of amides is 4. The number of thiazole rings is 1. The van der Waals surface area contributed by atoms with Gasteiger partial charge in [0.1, 0.15) is 12.6 Å². The van der Waals surface area contributed by atoms with Gasteiger partial charge in [-0.1, -0.05) is 23.2 Å². The number of nitrogens with zero attached hydrogens (tertiary/aromatic N) is 2. The molecule has 12 heteroatoms. The zero-order valence-electron chi connectivity index (χ0n) is 19.4. The Morgan fingerprint density at radius 1 is 1.23 bits per heavy atom. The maximum Gasteiger partial charge on any atom is 0.256 e. The Hall–Kier alpha value is -2.69. The van der Waals surface area contributed by atoms with E-state index in [1.165, 1.54) is 28.4 Å². The lowest BCUT2D eigenvalue weighted by atomic mass is 10.1. The van der Waals surface area contributed by atoms with Crippen LogP contribution in [0.5, 0.6) is 0 Å². The Balaban J connectivity index is 1.56. The molecule has 4 amide bonds. The van der Waals surface area contributed by atoms with Crippen LogP contribution in [0, 0.1) is 0 Å². The molecule has 1 aromatic carbocycles. The maximum absolute atomic E-state index is 13.0. The van der Waals surface area contributed by atoms with Crippen molar-refractivity contribution in [2.24, 2.45) is 0 Å². The van der Waals surface area contributed by atoms with Crippen LogP contribution in [0.3, 0.4) is 0 Å². The standard InChI is InChI=1S/C23H27Cl2N5O4S/c1-13(2)30(22(34)16-7-6-14(24)9-17(16)25)11-20(32)29-23-27-15(12-35-23)10-19(31)28-18-5-3-4-8-26-21(18)33/h6-7,9,12-13,18H,3-5,8,10-11H2,1-2H3,(H,26,33)(H,28,31)(H,27,29,32). The van der Waals surface area contributed by atoms with Gasteiger partial charge < -0.3 is 20.9 Å². The molecule has 9 nitrogen and oxygen atoms in total. The molecule has 188 valence electrons. The zero-order chi connectivity index (χ0) is 25.5. The molecule has 3 N–H and O–H groups in total. The maximum atomic E-state index is 13.0. The average molecular weight is 540 g/mol. The number of anilines is 1. The Labute approximate surface area is 217 Å². The van der Waals surface area contributed by atoms with Crippen molar-refractivity contribution < 1.29 is 19.2 Å². The molecular weight excluding hydrogens is 513 g/mol. The molecule has 0 bridgehead atoms. The highest BCUT2D eigenvalue weighted by Crippen LogP contribution is 2.23. The largest absolute Gasteiger partial charge is 0.354 e. The summed E-state index contributed by atoms with van der Waals surface area (Å²) in [5.74, 6) is -1.31. The van der Waals surface area contributed by atoms with Crippen molar-refractivity contribution in [3.63, 3.8) is 0 Å². The fraction of sp³-hybridized carbons (Fsp3) is 0.435. The van der Waals surface area contributed by atoms with E-state index in [-0.39, 0.29) is 41.4 Å². The van der Waals surface area contributed by atoms with E-state index in [9.17, 15) is 19.2 Å². The minimum absolute atomic E-state index is 0.0121. The third-order valence-corrected chi connectivity index (χ3v) is 6.72. The molecule has 1 aliphatic heterocycles. The Kier molecular flexibility index (Phi) is 9.47. The van der Waals surface area contributed by atoms with Crippen LogP contribution in [0.2, 0.25) is 10.0 Å². The smallest absolute Gasteiger partial charge is 0.256 e. The molecule has 1 saturated heterocycles. The second kappa shape index (κ2) is 12.3. The summed E-state index contributed by atoms with van der Waals surface area (Å²) in [5, 5.41) is 10.8.